The van der Waals surface area contributed by atoms with Crippen molar-refractivity contribution in [3.8, 4) is 16.7 Å². The minimum Gasteiger partial charge on any atom is -0.491 e. The summed E-state index contributed by atoms with van der Waals surface area (Å²) in [7, 11) is 0. The van der Waals surface area contributed by atoms with Gasteiger partial charge in [0.25, 0.3) is 5.19 Å². The molecular weight excluding hydrogens is 286 g/mol. The van der Waals surface area contributed by atoms with Crippen LogP contribution < -0.4 is 14.2 Å². The van der Waals surface area contributed by atoms with Crippen LogP contribution in [-0.4, -0.2) is 24.3 Å². The fourth-order valence-corrected chi connectivity index (χ4v) is 2.39. The number of thiazole rings is 1. The Bertz CT molecular complexity index is 499. The Kier molecular flexibility index (Phi) is 6.34. The second kappa shape index (κ2) is 8.52. The lowest BCUT2D eigenvalue weighted by atomic mass is 10.2. The van der Waals surface area contributed by atoms with Gasteiger partial charge in [0, 0.05) is 11.6 Å². The van der Waals surface area contributed by atoms with Gasteiger partial charge in [0.2, 0.25) is 0 Å². The summed E-state index contributed by atoms with van der Waals surface area (Å²) in [6.07, 6.45) is 4.15. The zero-order valence-electron chi connectivity index (χ0n) is 12.5. The molecule has 0 aliphatic rings. The van der Waals surface area contributed by atoms with E-state index in [1.807, 2.05) is 29.6 Å². The van der Waals surface area contributed by atoms with Crippen molar-refractivity contribution in [1.82, 2.24) is 4.98 Å². The monoisotopic (exact) mass is 307 g/mol. The van der Waals surface area contributed by atoms with E-state index >= 15 is 0 Å². The van der Waals surface area contributed by atoms with Crippen LogP contribution in [0.2, 0.25) is 0 Å². The molecule has 0 amide bonds. The van der Waals surface area contributed by atoms with E-state index in [-0.39, 0.29) is 6.10 Å². The predicted molar refractivity (Wildman–Crippen MR) is 84.5 cm³/mol. The molecule has 0 spiro atoms. The lowest BCUT2D eigenvalue weighted by molar-refractivity contribution is 0.207. The van der Waals surface area contributed by atoms with Gasteiger partial charge in [-0.15, -0.1) is 0 Å². The summed E-state index contributed by atoms with van der Waals surface area (Å²) in [5, 5.41) is 2.56. The molecule has 0 bridgehead atoms. The van der Waals surface area contributed by atoms with Crippen LogP contribution in [-0.2, 0) is 0 Å². The second-order valence-electron chi connectivity index (χ2n) is 4.68. The Balaban J connectivity index is 1.69. The van der Waals surface area contributed by atoms with Crippen molar-refractivity contribution < 1.29 is 14.2 Å². The molecule has 5 heteroatoms. The molecule has 114 valence electrons. The van der Waals surface area contributed by atoms with Gasteiger partial charge in [-0.3, -0.25) is 0 Å². The van der Waals surface area contributed by atoms with E-state index in [1.54, 1.807) is 6.20 Å². The Morgan fingerprint density at radius 2 is 1.81 bits per heavy atom. The normalized spacial score (nSPS) is 11.9. The van der Waals surface area contributed by atoms with Gasteiger partial charge in [-0.2, -0.15) is 0 Å². The number of hydrogen-bond donors (Lipinski definition) is 0. The standard InChI is InChI=1S/C16H21NO3S/c1-3-4-13(2)20-15-7-5-14(6-8-15)18-10-11-19-16-17-9-12-21-16/h5-9,12-13H,3-4,10-11H2,1-2H3. The first-order chi connectivity index (χ1) is 10.3. The maximum absolute atomic E-state index is 5.80. The molecule has 2 aromatic rings. The molecule has 0 N–H and O–H groups in total. The average Bonchev–Trinajstić information content (AvgIpc) is 2.99. The lowest BCUT2D eigenvalue weighted by Gasteiger charge is -2.14. The second-order valence-corrected chi connectivity index (χ2v) is 5.54. The Morgan fingerprint density at radius 1 is 1.10 bits per heavy atom. The van der Waals surface area contributed by atoms with Gasteiger partial charge in [0.1, 0.15) is 24.7 Å². The molecule has 1 atom stereocenters. The van der Waals surface area contributed by atoms with Crippen molar-refractivity contribution in [3.63, 3.8) is 0 Å². The van der Waals surface area contributed by atoms with Gasteiger partial charge >= 0.3 is 0 Å². The van der Waals surface area contributed by atoms with Crippen LogP contribution in [0.3, 0.4) is 0 Å². The molecule has 1 unspecified atom stereocenters. The summed E-state index contributed by atoms with van der Waals surface area (Å²) < 4.78 is 16.8. The van der Waals surface area contributed by atoms with E-state index in [9.17, 15) is 0 Å². The molecule has 0 saturated carbocycles. The van der Waals surface area contributed by atoms with Crippen molar-refractivity contribution in [3.05, 3.63) is 35.8 Å². The predicted octanol–water partition coefficient (Wildman–Crippen LogP) is 4.17. The number of rotatable bonds is 9. The highest BCUT2D eigenvalue weighted by Crippen LogP contribution is 2.19. The number of benzene rings is 1. The molecule has 0 fully saturated rings. The van der Waals surface area contributed by atoms with Crippen LogP contribution in [0, 0.1) is 0 Å². The zero-order chi connectivity index (χ0) is 14.9. The summed E-state index contributed by atoms with van der Waals surface area (Å²) in [5.74, 6) is 1.69. The first-order valence-electron chi connectivity index (χ1n) is 7.19. The number of hydrogen-bond acceptors (Lipinski definition) is 5. The summed E-state index contributed by atoms with van der Waals surface area (Å²) in [5.41, 5.74) is 0. The smallest absolute Gasteiger partial charge is 0.273 e. The molecule has 1 heterocycles. The Hall–Kier alpha value is -1.75. The zero-order valence-corrected chi connectivity index (χ0v) is 13.3. The largest absolute Gasteiger partial charge is 0.491 e. The lowest BCUT2D eigenvalue weighted by Crippen LogP contribution is -2.11. The molecule has 0 saturated heterocycles. The summed E-state index contributed by atoms with van der Waals surface area (Å²) >= 11 is 1.48. The van der Waals surface area contributed by atoms with E-state index in [0.29, 0.717) is 18.4 Å². The van der Waals surface area contributed by atoms with Crippen LogP contribution in [0.5, 0.6) is 16.7 Å². The highest BCUT2D eigenvalue weighted by atomic mass is 32.1. The number of aromatic nitrogens is 1. The molecule has 2 rings (SSSR count). The average molecular weight is 307 g/mol. The Labute approximate surface area is 129 Å². The summed E-state index contributed by atoms with van der Waals surface area (Å²) in [6, 6.07) is 7.70. The van der Waals surface area contributed by atoms with Crippen LogP contribution in [0.15, 0.2) is 35.8 Å². The van der Waals surface area contributed by atoms with Gasteiger partial charge in [0.05, 0.1) is 6.10 Å². The fourth-order valence-electron chi connectivity index (χ4n) is 1.88. The third-order valence-electron chi connectivity index (χ3n) is 2.84. The van der Waals surface area contributed by atoms with Crippen LogP contribution in [0.25, 0.3) is 0 Å². The highest BCUT2D eigenvalue weighted by Gasteiger charge is 2.03. The van der Waals surface area contributed by atoms with E-state index in [0.717, 1.165) is 24.3 Å². The third-order valence-corrected chi connectivity index (χ3v) is 3.53. The number of ether oxygens (including phenoxy) is 3. The van der Waals surface area contributed by atoms with E-state index < -0.39 is 0 Å². The topological polar surface area (TPSA) is 40.6 Å². The quantitative estimate of drug-likeness (QED) is 0.652. The van der Waals surface area contributed by atoms with Crippen LogP contribution in [0.4, 0.5) is 0 Å². The first-order valence-corrected chi connectivity index (χ1v) is 8.07. The minimum atomic E-state index is 0.244. The molecule has 0 aliphatic heterocycles. The van der Waals surface area contributed by atoms with Gasteiger partial charge in [-0.1, -0.05) is 24.7 Å². The summed E-state index contributed by atoms with van der Waals surface area (Å²) in [6.45, 7) is 5.22. The Morgan fingerprint density at radius 3 is 2.48 bits per heavy atom. The van der Waals surface area contributed by atoms with Crippen molar-refractivity contribution in [1.29, 1.82) is 0 Å². The fraction of sp³-hybridized carbons (Fsp3) is 0.438. The summed E-state index contributed by atoms with van der Waals surface area (Å²) in [4.78, 5) is 4.04. The SMILES string of the molecule is CCCC(C)Oc1ccc(OCCOc2nccs2)cc1. The first kappa shape index (κ1) is 15.6. The third kappa shape index (κ3) is 5.63. The van der Waals surface area contributed by atoms with Gasteiger partial charge in [-0.05, 0) is 37.6 Å². The molecule has 0 aliphatic carbocycles. The molecule has 1 aromatic heterocycles. The van der Waals surface area contributed by atoms with Crippen molar-refractivity contribution in [2.24, 2.45) is 0 Å². The van der Waals surface area contributed by atoms with Crippen molar-refractivity contribution in [2.45, 2.75) is 32.8 Å². The van der Waals surface area contributed by atoms with Crippen LogP contribution >= 0.6 is 11.3 Å². The molecule has 1 aromatic carbocycles. The van der Waals surface area contributed by atoms with E-state index in [4.69, 9.17) is 14.2 Å². The molecule has 0 radical (unpaired) electrons. The van der Waals surface area contributed by atoms with E-state index in [2.05, 4.69) is 18.8 Å². The van der Waals surface area contributed by atoms with Gasteiger partial charge in [-0.25, -0.2) is 4.98 Å². The minimum absolute atomic E-state index is 0.244. The number of nitrogens with zero attached hydrogens (tertiary/aromatic N) is 1. The van der Waals surface area contributed by atoms with Gasteiger partial charge < -0.3 is 14.2 Å². The van der Waals surface area contributed by atoms with Crippen molar-refractivity contribution >= 4 is 11.3 Å². The van der Waals surface area contributed by atoms with Crippen LogP contribution in [0.1, 0.15) is 26.7 Å². The molecule has 4 nitrogen and oxygen atoms in total. The molecule has 21 heavy (non-hydrogen) atoms. The van der Waals surface area contributed by atoms with Crippen molar-refractivity contribution in [2.75, 3.05) is 13.2 Å². The molecular formula is C16H21NO3S. The van der Waals surface area contributed by atoms with E-state index in [1.165, 1.54) is 11.3 Å². The van der Waals surface area contributed by atoms with Gasteiger partial charge in [0.15, 0.2) is 0 Å². The maximum Gasteiger partial charge on any atom is 0.273 e. The highest BCUT2D eigenvalue weighted by molar-refractivity contribution is 7.11. The maximum atomic E-state index is 5.80.